The van der Waals surface area contributed by atoms with Crippen LogP contribution in [0.1, 0.15) is 0 Å². The van der Waals surface area contributed by atoms with Crippen LogP contribution in [0.4, 0.5) is 11.6 Å². The summed E-state index contributed by atoms with van der Waals surface area (Å²) in [5.41, 5.74) is 1.03. The number of nitrogens with one attached hydrogen (secondary N) is 1. The number of benzene rings is 1. The number of hydrogen-bond donors (Lipinski definition) is 1. The van der Waals surface area contributed by atoms with Crippen molar-refractivity contribution in [3.8, 4) is 11.4 Å². The SMILES string of the molecule is CNc1cc(N(C)CCSC)nc(-c2ccccc2)n1. The Hall–Kier alpha value is -1.75. The van der Waals surface area contributed by atoms with Gasteiger partial charge in [-0.05, 0) is 6.26 Å². The molecule has 2 aromatic rings. The van der Waals surface area contributed by atoms with Crippen LogP contribution < -0.4 is 10.2 Å². The van der Waals surface area contributed by atoms with E-state index in [2.05, 4.69) is 33.5 Å². The summed E-state index contributed by atoms with van der Waals surface area (Å²) in [7, 11) is 3.94. The molecular weight excluding hydrogens is 268 g/mol. The Morgan fingerprint density at radius 3 is 2.60 bits per heavy atom. The second-order valence-electron chi connectivity index (χ2n) is 4.47. The normalized spacial score (nSPS) is 10.3. The third kappa shape index (κ3) is 3.63. The molecule has 0 unspecified atom stereocenters. The first-order valence-corrected chi connectivity index (χ1v) is 7.96. The van der Waals surface area contributed by atoms with Gasteiger partial charge in [0.15, 0.2) is 5.82 Å². The topological polar surface area (TPSA) is 41.0 Å². The van der Waals surface area contributed by atoms with Crippen LogP contribution in [-0.2, 0) is 0 Å². The van der Waals surface area contributed by atoms with Crippen molar-refractivity contribution in [1.29, 1.82) is 0 Å². The fourth-order valence-corrected chi connectivity index (χ4v) is 2.27. The molecule has 0 saturated carbocycles. The molecule has 0 saturated heterocycles. The first kappa shape index (κ1) is 14.7. The summed E-state index contributed by atoms with van der Waals surface area (Å²) in [5.74, 6) is 3.61. The zero-order chi connectivity index (χ0) is 14.4. The van der Waals surface area contributed by atoms with Gasteiger partial charge in [0.1, 0.15) is 11.6 Å². The van der Waals surface area contributed by atoms with Crippen molar-refractivity contribution < 1.29 is 0 Å². The molecule has 0 atom stereocenters. The standard InChI is InChI=1S/C15H20N4S/c1-16-13-11-14(19(2)9-10-20-3)18-15(17-13)12-7-5-4-6-8-12/h4-8,11H,9-10H2,1-3H3,(H,16,17,18). The predicted molar refractivity (Wildman–Crippen MR) is 88.7 cm³/mol. The van der Waals surface area contributed by atoms with Gasteiger partial charge in [0.05, 0.1) is 0 Å². The van der Waals surface area contributed by atoms with E-state index in [-0.39, 0.29) is 0 Å². The number of anilines is 2. The predicted octanol–water partition coefficient (Wildman–Crippen LogP) is 2.98. The highest BCUT2D eigenvalue weighted by Crippen LogP contribution is 2.21. The fourth-order valence-electron chi connectivity index (χ4n) is 1.82. The van der Waals surface area contributed by atoms with Crippen molar-refractivity contribution in [2.45, 2.75) is 0 Å². The maximum atomic E-state index is 4.67. The van der Waals surface area contributed by atoms with E-state index in [1.165, 1.54) is 0 Å². The van der Waals surface area contributed by atoms with Crippen LogP contribution >= 0.6 is 11.8 Å². The van der Waals surface area contributed by atoms with E-state index in [9.17, 15) is 0 Å². The van der Waals surface area contributed by atoms with Gasteiger partial charge in [0, 0.05) is 38.0 Å². The minimum absolute atomic E-state index is 0.753. The third-order valence-electron chi connectivity index (χ3n) is 3.02. The van der Waals surface area contributed by atoms with E-state index >= 15 is 0 Å². The maximum absolute atomic E-state index is 4.67. The molecule has 1 heterocycles. The maximum Gasteiger partial charge on any atom is 0.163 e. The number of aromatic nitrogens is 2. The largest absolute Gasteiger partial charge is 0.373 e. The van der Waals surface area contributed by atoms with Gasteiger partial charge in [0.25, 0.3) is 0 Å². The molecule has 0 amide bonds. The molecule has 1 aromatic heterocycles. The lowest BCUT2D eigenvalue weighted by molar-refractivity contribution is 0.939. The molecule has 0 aliphatic heterocycles. The van der Waals surface area contributed by atoms with Gasteiger partial charge in [-0.1, -0.05) is 30.3 Å². The Balaban J connectivity index is 2.34. The zero-order valence-electron chi connectivity index (χ0n) is 12.1. The number of hydrogen-bond acceptors (Lipinski definition) is 5. The van der Waals surface area contributed by atoms with E-state index in [0.29, 0.717) is 0 Å². The molecule has 106 valence electrons. The Kier molecular flexibility index (Phi) is 5.24. The van der Waals surface area contributed by atoms with Crippen LogP contribution in [0.5, 0.6) is 0 Å². The van der Waals surface area contributed by atoms with Crippen LogP contribution in [0.15, 0.2) is 36.4 Å². The second kappa shape index (κ2) is 7.14. The van der Waals surface area contributed by atoms with Gasteiger partial charge in [-0.25, -0.2) is 9.97 Å². The highest BCUT2D eigenvalue weighted by Gasteiger charge is 2.09. The lowest BCUT2D eigenvalue weighted by atomic mass is 10.2. The number of rotatable bonds is 6. The Morgan fingerprint density at radius 2 is 1.95 bits per heavy atom. The lowest BCUT2D eigenvalue weighted by Crippen LogP contribution is -2.22. The molecule has 4 nitrogen and oxygen atoms in total. The van der Waals surface area contributed by atoms with E-state index in [0.717, 1.165) is 35.3 Å². The average Bonchev–Trinajstić information content (AvgIpc) is 2.52. The molecule has 0 aliphatic carbocycles. The average molecular weight is 288 g/mol. The summed E-state index contributed by atoms with van der Waals surface area (Å²) in [6.07, 6.45) is 2.11. The molecule has 1 aromatic carbocycles. The van der Waals surface area contributed by atoms with E-state index in [1.54, 1.807) is 0 Å². The van der Waals surface area contributed by atoms with Crippen LogP contribution in [0.2, 0.25) is 0 Å². The summed E-state index contributed by atoms with van der Waals surface area (Å²) in [6.45, 7) is 0.968. The van der Waals surface area contributed by atoms with Gasteiger partial charge < -0.3 is 10.2 Å². The molecule has 0 aliphatic rings. The summed E-state index contributed by atoms with van der Waals surface area (Å²) < 4.78 is 0. The zero-order valence-corrected chi connectivity index (χ0v) is 12.9. The van der Waals surface area contributed by atoms with Crippen molar-refractivity contribution in [3.63, 3.8) is 0 Å². The fraction of sp³-hybridized carbons (Fsp3) is 0.333. The van der Waals surface area contributed by atoms with Gasteiger partial charge >= 0.3 is 0 Å². The molecular formula is C15H20N4S. The van der Waals surface area contributed by atoms with E-state index < -0.39 is 0 Å². The Labute approximate surface area is 124 Å². The molecule has 0 radical (unpaired) electrons. The Morgan fingerprint density at radius 1 is 1.20 bits per heavy atom. The summed E-state index contributed by atoms with van der Waals surface area (Å²) in [5, 5.41) is 3.11. The second-order valence-corrected chi connectivity index (χ2v) is 5.45. The van der Waals surface area contributed by atoms with Crippen LogP contribution in [0.25, 0.3) is 11.4 Å². The van der Waals surface area contributed by atoms with Crippen LogP contribution in [-0.4, -0.2) is 42.6 Å². The first-order chi connectivity index (χ1) is 9.74. The molecule has 0 bridgehead atoms. The molecule has 0 fully saturated rings. The van der Waals surface area contributed by atoms with E-state index in [1.807, 2.05) is 55.2 Å². The summed E-state index contributed by atoms with van der Waals surface area (Å²) in [6, 6.07) is 12.0. The smallest absolute Gasteiger partial charge is 0.163 e. The summed E-state index contributed by atoms with van der Waals surface area (Å²) in [4.78, 5) is 11.4. The van der Waals surface area contributed by atoms with Gasteiger partial charge in [-0.3, -0.25) is 0 Å². The molecule has 5 heteroatoms. The van der Waals surface area contributed by atoms with Crippen molar-refractivity contribution in [2.75, 3.05) is 42.9 Å². The monoisotopic (exact) mass is 288 g/mol. The molecule has 1 N–H and O–H groups in total. The molecule has 20 heavy (non-hydrogen) atoms. The van der Waals surface area contributed by atoms with Crippen molar-refractivity contribution >= 4 is 23.4 Å². The summed E-state index contributed by atoms with van der Waals surface area (Å²) >= 11 is 1.83. The quantitative estimate of drug-likeness (QED) is 0.885. The van der Waals surface area contributed by atoms with Crippen LogP contribution in [0.3, 0.4) is 0 Å². The van der Waals surface area contributed by atoms with Crippen molar-refractivity contribution in [3.05, 3.63) is 36.4 Å². The van der Waals surface area contributed by atoms with Gasteiger partial charge in [-0.15, -0.1) is 0 Å². The Bertz CT molecular complexity index is 545. The van der Waals surface area contributed by atoms with E-state index in [4.69, 9.17) is 0 Å². The number of nitrogens with zero attached hydrogens (tertiary/aromatic N) is 3. The van der Waals surface area contributed by atoms with Crippen LogP contribution in [0, 0.1) is 0 Å². The van der Waals surface area contributed by atoms with Crippen molar-refractivity contribution in [1.82, 2.24) is 9.97 Å². The molecule has 2 rings (SSSR count). The third-order valence-corrected chi connectivity index (χ3v) is 3.61. The van der Waals surface area contributed by atoms with Gasteiger partial charge in [0.2, 0.25) is 0 Å². The minimum atomic E-state index is 0.753. The highest BCUT2D eigenvalue weighted by atomic mass is 32.2. The first-order valence-electron chi connectivity index (χ1n) is 6.57. The van der Waals surface area contributed by atoms with Crippen molar-refractivity contribution in [2.24, 2.45) is 0 Å². The lowest BCUT2D eigenvalue weighted by Gasteiger charge is -2.19. The number of thioether (sulfide) groups is 1. The van der Waals surface area contributed by atoms with Gasteiger partial charge in [-0.2, -0.15) is 11.8 Å². The minimum Gasteiger partial charge on any atom is -0.373 e. The highest BCUT2D eigenvalue weighted by molar-refractivity contribution is 7.98. The molecule has 0 spiro atoms.